The molecule has 1 fully saturated rings. The Labute approximate surface area is 147 Å². The van der Waals surface area contributed by atoms with Gasteiger partial charge in [0.1, 0.15) is 5.60 Å². The number of carbonyl (C=O) groups is 2. The Bertz CT molecular complexity index is 572. The van der Waals surface area contributed by atoms with Crippen LogP contribution in [0.3, 0.4) is 0 Å². The standard InChI is InChI=1S/C14H22N2O.C4H4O4/c1-16(2)11-12-7-3-5-9-14(12,17)13-8-4-6-10-15-13;5-3(6)1-2-4(7)8/h4,6,8,10,12,17H,3,5,7,9,11H2,1-2H3;1-2H,(H,5,6)(H,7,8)/b;2-1-. The topological polar surface area (TPSA) is 111 Å². The molecule has 0 bridgehead atoms. The number of aliphatic carboxylic acids is 2. The lowest BCUT2D eigenvalue weighted by atomic mass is 9.73. The van der Waals surface area contributed by atoms with E-state index in [1.165, 1.54) is 6.42 Å². The smallest absolute Gasteiger partial charge is 0.328 e. The molecule has 1 aromatic heterocycles. The van der Waals surface area contributed by atoms with Crippen molar-refractivity contribution >= 4 is 11.9 Å². The number of aliphatic hydroxyl groups is 1. The summed E-state index contributed by atoms with van der Waals surface area (Å²) in [6, 6.07) is 5.81. The predicted molar refractivity (Wildman–Crippen MR) is 93.1 cm³/mol. The van der Waals surface area contributed by atoms with Crippen LogP contribution in [-0.2, 0) is 15.2 Å². The molecule has 7 nitrogen and oxygen atoms in total. The Hall–Kier alpha value is -2.25. The van der Waals surface area contributed by atoms with Gasteiger partial charge in [0.2, 0.25) is 0 Å². The maximum Gasteiger partial charge on any atom is 0.328 e. The fourth-order valence-electron chi connectivity index (χ4n) is 3.01. The van der Waals surface area contributed by atoms with Gasteiger partial charge in [0, 0.05) is 30.8 Å². The van der Waals surface area contributed by atoms with E-state index in [1.807, 2.05) is 18.2 Å². The van der Waals surface area contributed by atoms with Crippen LogP contribution in [0, 0.1) is 5.92 Å². The van der Waals surface area contributed by atoms with E-state index in [0.29, 0.717) is 18.1 Å². The van der Waals surface area contributed by atoms with Gasteiger partial charge in [0.05, 0.1) is 5.69 Å². The SMILES string of the molecule is CN(C)CC1CCCCC1(O)c1ccccn1.O=C(O)/C=C\C(=O)O. The van der Waals surface area contributed by atoms with Crippen LogP contribution in [0.5, 0.6) is 0 Å². The summed E-state index contributed by atoms with van der Waals surface area (Å²) in [7, 11) is 4.13. The number of pyridine rings is 1. The zero-order chi connectivity index (χ0) is 18.9. The third-order valence-electron chi connectivity index (χ3n) is 4.10. The van der Waals surface area contributed by atoms with Crippen molar-refractivity contribution in [2.24, 2.45) is 5.92 Å². The molecule has 1 heterocycles. The Balaban J connectivity index is 0.000000333. The van der Waals surface area contributed by atoms with E-state index in [0.717, 1.165) is 31.5 Å². The van der Waals surface area contributed by atoms with Crippen LogP contribution in [0.2, 0.25) is 0 Å². The van der Waals surface area contributed by atoms with Crippen molar-refractivity contribution in [2.75, 3.05) is 20.6 Å². The van der Waals surface area contributed by atoms with Crippen LogP contribution in [0.15, 0.2) is 36.5 Å². The third kappa shape index (κ3) is 7.03. The maximum absolute atomic E-state index is 11.0. The predicted octanol–water partition coefficient (Wildman–Crippen LogP) is 1.73. The van der Waals surface area contributed by atoms with Crippen LogP contribution >= 0.6 is 0 Å². The average Bonchev–Trinajstić information content (AvgIpc) is 2.56. The largest absolute Gasteiger partial charge is 0.478 e. The van der Waals surface area contributed by atoms with Crippen LogP contribution in [0.4, 0.5) is 0 Å². The summed E-state index contributed by atoms with van der Waals surface area (Å²) >= 11 is 0. The summed E-state index contributed by atoms with van der Waals surface area (Å²) in [4.78, 5) is 25.6. The lowest BCUT2D eigenvalue weighted by Gasteiger charge is -2.40. The summed E-state index contributed by atoms with van der Waals surface area (Å²) in [5.41, 5.74) is 0.107. The van der Waals surface area contributed by atoms with Crippen molar-refractivity contribution in [1.82, 2.24) is 9.88 Å². The molecule has 1 aromatic rings. The average molecular weight is 350 g/mol. The molecule has 3 N–H and O–H groups in total. The second-order valence-corrected chi connectivity index (χ2v) is 6.35. The molecular weight excluding hydrogens is 324 g/mol. The van der Waals surface area contributed by atoms with E-state index in [2.05, 4.69) is 24.0 Å². The molecule has 138 valence electrons. The molecule has 2 unspecified atom stereocenters. The molecular formula is C18H26N2O5. The highest BCUT2D eigenvalue weighted by atomic mass is 16.4. The summed E-state index contributed by atoms with van der Waals surface area (Å²) < 4.78 is 0. The first-order valence-electron chi connectivity index (χ1n) is 8.18. The molecule has 1 aliphatic carbocycles. The summed E-state index contributed by atoms with van der Waals surface area (Å²) in [6.07, 6.45) is 7.12. The maximum atomic E-state index is 11.0. The first-order valence-corrected chi connectivity index (χ1v) is 8.18. The van der Waals surface area contributed by atoms with Crippen LogP contribution in [0.1, 0.15) is 31.4 Å². The molecule has 1 aliphatic rings. The minimum Gasteiger partial charge on any atom is -0.478 e. The summed E-state index contributed by atoms with van der Waals surface area (Å²) in [6.45, 7) is 0.924. The van der Waals surface area contributed by atoms with E-state index in [4.69, 9.17) is 10.2 Å². The summed E-state index contributed by atoms with van der Waals surface area (Å²) in [5, 5.41) is 26.6. The normalized spacial score (nSPS) is 23.1. The lowest BCUT2D eigenvalue weighted by molar-refractivity contribution is -0.134. The molecule has 2 atom stereocenters. The van der Waals surface area contributed by atoms with Crippen molar-refractivity contribution in [1.29, 1.82) is 0 Å². The molecule has 7 heteroatoms. The Kier molecular flexibility index (Phi) is 8.24. The van der Waals surface area contributed by atoms with Crippen molar-refractivity contribution in [3.63, 3.8) is 0 Å². The lowest BCUT2D eigenvalue weighted by Crippen LogP contribution is -2.43. The molecule has 0 radical (unpaired) electrons. The van der Waals surface area contributed by atoms with Gasteiger partial charge in [-0.2, -0.15) is 0 Å². The molecule has 0 aromatic carbocycles. The molecule has 2 rings (SSSR count). The van der Waals surface area contributed by atoms with Crippen molar-refractivity contribution in [3.05, 3.63) is 42.2 Å². The Morgan fingerprint density at radius 3 is 2.36 bits per heavy atom. The third-order valence-corrected chi connectivity index (χ3v) is 4.10. The van der Waals surface area contributed by atoms with Crippen molar-refractivity contribution in [2.45, 2.75) is 31.3 Å². The Morgan fingerprint density at radius 2 is 1.88 bits per heavy atom. The van der Waals surface area contributed by atoms with E-state index in [1.54, 1.807) is 6.20 Å². The first kappa shape index (κ1) is 20.8. The van der Waals surface area contributed by atoms with E-state index in [-0.39, 0.29) is 0 Å². The highest BCUT2D eigenvalue weighted by molar-refractivity contribution is 5.89. The van der Waals surface area contributed by atoms with E-state index in [9.17, 15) is 14.7 Å². The van der Waals surface area contributed by atoms with Gasteiger partial charge in [-0.15, -0.1) is 0 Å². The number of nitrogens with zero attached hydrogens (tertiary/aromatic N) is 2. The second-order valence-electron chi connectivity index (χ2n) is 6.35. The number of carboxylic acids is 2. The van der Waals surface area contributed by atoms with Gasteiger partial charge >= 0.3 is 11.9 Å². The molecule has 25 heavy (non-hydrogen) atoms. The van der Waals surface area contributed by atoms with Gasteiger partial charge in [0.15, 0.2) is 0 Å². The monoisotopic (exact) mass is 350 g/mol. The van der Waals surface area contributed by atoms with Gasteiger partial charge in [0.25, 0.3) is 0 Å². The fourth-order valence-corrected chi connectivity index (χ4v) is 3.01. The zero-order valence-corrected chi connectivity index (χ0v) is 14.6. The van der Waals surface area contributed by atoms with E-state index >= 15 is 0 Å². The van der Waals surface area contributed by atoms with Crippen molar-refractivity contribution < 1.29 is 24.9 Å². The number of rotatable bonds is 5. The van der Waals surface area contributed by atoms with Gasteiger partial charge in [-0.05, 0) is 39.1 Å². The van der Waals surface area contributed by atoms with Gasteiger partial charge in [-0.25, -0.2) is 9.59 Å². The Morgan fingerprint density at radius 1 is 1.24 bits per heavy atom. The number of carboxylic acid groups (broad SMARTS) is 2. The molecule has 0 saturated heterocycles. The van der Waals surface area contributed by atoms with Crippen molar-refractivity contribution in [3.8, 4) is 0 Å². The van der Waals surface area contributed by atoms with Crippen LogP contribution < -0.4 is 0 Å². The van der Waals surface area contributed by atoms with E-state index < -0.39 is 17.5 Å². The minimum absolute atomic E-state index is 0.293. The highest BCUT2D eigenvalue weighted by Crippen LogP contribution is 2.40. The van der Waals surface area contributed by atoms with Crippen LogP contribution in [0.25, 0.3) is 0 Å². The highest BCUT2D eigenvalue weighted by Gasteiger charge is 2.41. The van der Waals surface area contributed by atoms with Gasteiger partial charge in [-0.3, -0.25) is 4.98 Å². The molecule has 0 amide bonds. The fraction of sp³-hybridized carbons (Fsp3) is 0.500. The zero-order valence-electron chi connectivity index (χ0n) is 14.6. The quantitative estimate of drug-likeness (QED) is 0.694. The molecule has 0 spiro atoms. The van der Waals surface area contributed by atoms with Gasteiger partial charge in [-0.1, -0.05) is 18.9 Å². The number of hydrogen-bond donors (Lipinski definition) is 3. The summed E-state index contributed by atoms with van der Waals surface area (Å²) in [5.74, 6) is -2.22. The van der Waals surface area contributed by atoms with Crippen LogP contribution in [-0.4, -0.2) is 57.8 Å². The number of hydrogen-bond acceptors (Lipinski definition) is 5. The molecule has 1 saturated carbocycles. The minimum atomic E-state index is -1.26. The number of aromatic nitrogens is 1. The molecule has 0 aliphatic heterocycles. The first-order chi connectivity index (χ1) is 11.8. The van der Waals surface area contributed by atoms with Gasteiger partial charge < -0.3 is 20.2 Å². The second kappa shape index (κ2) is 9.90.